The lowest BCUT2D eigenvalue weighted by atomic mass is 10.1. The van der Waals surface area contributed by atoms with E-state index >= 15 is 0 Å². The number of aromatic nitrogens is 2. The highest BCUT2D eigenvalue weighted by Gasteiger charge is 2.15. The Bertz CT molecular complexity index is 991. The molecule has 0 aliphatic heterocycles. The first-order chi connectivity index (χ1) is 13.4. The predicted octanol–water partition coefficient (Wildman–Crippen LogP) is 4.82. The Morgan fingerprint density at radius 1 is 1.00 bits per heavy atom. The summed E-state index contributed by atoms with van der Waals surface area (Å²) in [6.07, 6.45) is 0. The SMILES string of the molecule is COc1ccc(C)cc1NC(=O)Nc1c(C)nn(Cc2ccc(C)cc2)c1C. The van der Waals surface area contributed by atoms with Crippen molar-refractivity contribution in [3.8, 4) is 5.75 Å². The summed E-state index contributed by atoms with van der Waals surface area (Å²) in [5, 5.41) is 10.4. The fourth-order valence-electron chi connectivity index (χ4n) is 3.08. The van der Waals surface area contributed by atoms with Crippen LogP contribution in [0.4, 0.5) is 16.2 Å². The predicted molar refractivity (Wildman–Crippen MR) is 112 cm³/mol. The molecule has 3 aromatic rings. The first-order valence-electron chi connectivity index (χ1n) is 9.19. The second-order valence-corrected chi connectivity index (χ2v) is 6.97. The maximum atomic E-state index is 12.6. The molecular weight excluding hydrogens is 352 g/mol. The minimum Gasteiger partial charge on any atom is -0.495 e. The van der Waals surface area contributed by atoms with Gasteiger partial charge in [-0.1, -0.05) is 35.9 Å². The summed E-state index contributed by atoms with van der Waals surface area (Å²) in [5.41, 5.74) is 6.45. The van der Waals surface area contributed by atoms with E-state index in [0.29, 0.717) is 18.0 Å². The zero-order valence-corrected chi connectivity index (χ0v) is 17.0. The molecule has 1 heterocycles. The Kier molecular flexibility index (Phi) is 5.68. The van der Waals surface area contributed by atoms with Gasteiger partial charge < -0.3 is 15.4 Å². The van der Waals surface area contributed by atoms with Gasteiger partial charge in [-0.3, -0.25) is 4.68 Å². The molecule has 2 amide bonds. The second-order valence-electron chi connectivity index (χ2n) is 6.97. The molecule has 0 atom stereocenters. The van der Waals surface area contributed by atoms with Crippen molar-refractivity contribution in [1.82, 2.24) is 9.78 Å². The highest BCUT2D eigenvalue weighted by atomic mass is 16.5. The smallest absolute Gasteiger partial charge is 0.323 e. The van der Waals surface area contributed by atoms with Crippen LogP contribution in [-0.2, 0) is 6.54 Å². The molecule has 3 rings (SSSR count). The maximum Gasteiger partial charge on any atom is 0.323 e. The number of hydrogen-bond acceptors (Lipinski definition) is 3. The topological polar surface area (TPSA) is 68.2 Å². The number of ether oxygens (including phenoxy) is 1. The summed E-state index contributed by atoms with van der Waals surface area (Å²) < 4.78 is 7.22. The van der Waals surface area contributed by atoms with Gasteiger partial charge in [0.25, 0.3) is 0 Å². The number of nitrogens with one attached hydrogen (secondary N) is 2. The lowest BCUT2D eigenvalue weighted by Gasteiger charge is -2.12. The van der Waals surface area contributed by atoms with Crippen molar-refractivity contribution >= 4 is 17.4 Å². The van der Waals surface area contributed by atoms with Crippen molar-refractivity contribution in [1.29, 1.82) is 0 Å². The standard InChI is InChI=1S/C22H26N4O2/c1-14-6-9-18(10-7-14)13-26-17(4)21(16(3)25-26)24-22(27)23-19-12-15(2)8-11-20(19)28-5/h6-12H,13H2,1-5H3,(H2,23,24,27). The fraction of sp³-hybridized carbons (Fsp3) is 0.273. The Morgan fingerprint density at radius 3 is 2.36 bits per heavy atom. The number of anilines is 2. The number of urea groups is 1. The van der Waals surface area contributed by atoms with Gasteiger partial charge in [0.1, 0.15) is 5.75 Å². The van der Waals surface area contributed by atoms with Crippen LogP contribution in [-0.4, -0.2) is 22.9 Å². The zero-order valence-electron chi connectivity index (χ0n) is 17.0. The molecule has 146 valence electrons. The van der Waals surface area contributed by atoms with Crippen LogP contribution >= 0.6 is 0 Å². The number of amides is 2. The van der Waals surface area contributed by atoms with Gasteiger partial charge in [0.2, 0.25) is 0 Å². The Hall–Kier alpha value is -3.28. The van der Waals surface area contributed by atoms with Gasteiger partial charge in [0, 0.05) is 0 Å². The summed E-state index contributed by atoms with van der Waals surface area (Å²) in [4.78, 5) is 12.6. The number of methoxy groups -OCH3 is 1. The van der Waals surface area contributed by atoms with E-state index in [-0.39, 0.29) is 6.03 Å². The highest BCUT2D eigenvalue weighted by Crippen LogP contribution is 2.26. The lowest BCUT2D eigenvalue weighted by molar-refractivity contribution is 0.262. The van der Waals surface area contributed by atoms with Crippen LogP contribution < -0.4 is 15.4 Å². The molecular formula is C22H26N4O2. The Morgan fingerprint density at radius 2 is 1.68 bits per heavy atom. The molecule has 0 radical (unpaired) electrons. The second kappa shape index (κ2) is 8.17. The molecule has 0 unspecified atom stereocenters. The first-order valence-corrected chi connectivity index (χ1v) is 9.19. The summed E-state index contributed by atoms with van der Waals surface area (Å²) in [7, 11) is 1.58. The van der Waals surface area contributed by atoms with Crippen LogP contribution in [0, 0.1) is 27.7 Å². The molecule has 0 aliphatic carbocycles. The number of carbonyl (C=O) groups is 1. The van der Waals surface area contributed by atoms with E-state index in [1.165, 1.54) is 5.56 Å². The van der Waals surface area contributed by atoms with Crippen molar-refractivity contribution in [3.63, 3.8) is 0 Å². The normalized spacial score (nSPS) is 10.6. The molecule has 6 nitrogen and oxygen atoms in total. The van der Waals surface area contributed by atoms with E-state index in [4.69, 9.17) is 4.74 Å². The minimum atomic E-state index is -0.329. The van der Waals surface area contributed by atoms with E-state index in [1.807, 2.05) is 43.7 Å². The third-order valence-corrected chi connectivity index (χ3v) is 4.68. The van der Waals surface area contributed by atoms with Crippen LogP contribution in [0.3, 0.4) is 0 Å². The van der Waals surface area contributed by atoms with Crippen LogP contribution in [0.2, 0.25) is 0 Å². The molecule has 0 bridgehead atoms. The van der Waals surface area contributed by atoms with Crippen molar-refractivity contribution in [2.24, 2.45) is 0 Å². The molecule has 2 aromatic carbocycles. The van der Waals surface area contributed by atoms with E-state index in [2.05, 4.69) is 46.9 Å². The van der Waals surface area contributed by atoms with Crippen molar-refractivity contribution in [2.45, 2.75) is 34.2 Å². The van der Waals surface area contributed by atoms with Gasteiger partial charge in [-0.2, -0.15) is 5.10 Å². The van der Waals surface area contributed by atoms with Crippen molar-refractivity contribution in [2.75, 3.05) is 17.7 Å². The number of hydrogen-bond donors (Lipinski definition) is 2. The molecule has 0 fully saturated rings. The summed E-state index contributed by atoms with van der Waals surface area (Å²) in [6.45, 7) is 8.53. The highest BCUT2D eigenvalue weighted by molar-refractivity contribution is 6.01. The minimum absolute atomic E-state index is 0.329. The summed E-state index contributed by atoms with van der Waals surface area (Å²) in [5.74, 6) is 0.615. The van der Waals surface area contributed by atoms with E-state index in [1.54, 1.807) is 7.11 Å². The molecule has 1 aromatic heterocycles. The Labute approximate surface area is 165 Å². The number of nitrogens with zero attached hydrogens (tertiary/aromatic N) is 2. The van der Waals surface area contributed by atoms with E-state index < -0.39 is 0 Å². The maximum absolute atomic E-state index is 12.6. The quantitative estimate of drug-likeness (QED) is 0.669. The van der Waals surface area contributed by atoms with Crippen LogP contribution in [0.5, 0.6) is 5.75 Å². The van der Waals surface area contributed by atoms with Gasteiger partial charge in [0.05, 0.1) is 36.4 Å². The average molecular weight is 378 g/mol. The average Bonchev–Trinajstić information content (AvgIpc) is 2.91. The van der Waals surface area contributed by atoms with Gasteiger partial charge in [-0.05, 0) is 51.0 Å². The summed E-state index contributed by atoms with van der Waals surface area (Å²) >= 11 is 0. The van der Waals surface area contributed by atoms with Gasteiger partial charge in [-0.25, -0.2) is 4.79 Å². The van der Waals surface area contributed by atoms with E-state index in [0.717, 1.165) is 28.2 Å². The molecule has 0 aliphatic rings. The monoisotopic (exact) mass is 378 g/mol. The molecule has 28 heavy (non-hydrogen) atoms. The number of aryl methyl sites for hydroxylation is 3. The van der Waals surface area contributed by atoms with Crippen molar-refractivity contribution < 1.29 is 9.53 Å². The first kappa shape index (κ1) is 19.5. The Balaban J connectivity index is 1.75. The molecule has 0 saturated heterocycles. The van der Waals surface area contributed by atoms with Gasteiger partial charge >= 0.3 is 6.03 Å². The molecule has 0 spiro atoms. The van der Waals surface area contributed by atoms with E-state index in [9.17, 15) is 4.79 Å². The number of rotatable bonds is 5. The third kappa shape index (κ3) is 4.34. The van der Waals surface area contributed by atoms with Gasteiger partial charge in [-0.15, -0.1) is 0 Å². The lowest BCUT2D eigenvalue weighted by Crippen LogP contribution is -2.20. The number of benzene rings is 2. The van der Waals surface area contributed by atoms with Crippen LogP contribution in [0.1, 0.15) is 28.1 Å². The van der Waals surface area contributed by atoms with Crippen molar-refractivity contribution in [3.05, 3.63) is 70.5 Å². The third-order valence-electron chi connectivity index (χ3n) is 4.68. The number of carbonyl (C=O) groups excluding carboxylic acids is 1. The fourth-order valence-corrected chi connectivity index (χ4v) is 3.08. The zero-order chi connectivity index (χ0) is 20.3. The molecule has 6 heteroatoms. The van der Waals surface area contributed by atoms with Gasteiger partial charge in [0.15, 0.2) is 0 Å². The van der Waals surface area contributed by atoms with Crippen LogP contribution in [0.15, 0.2) is 42.5 Å². The molecule has 2 N–H and O–H groups in total. The summed E-state index contributed by atoms with van der Waals surface area (Å²) in [6, 6.07) is 13.7. The molecule has 0 saturated carbocycles. The largest absolute Gasteiger partial charge is 0.495 e. The van der Waals surface area contributed by atoms with Crippen LogP contribution in [0.25, 0.3) is 0 Å².